The third kappa shape index (κ3) is 4.87. The summed E-state index contributed by atoms with van der Waals surface area (Å²) in [7, 11) is -2.42. The van der Waals surface area contributed by atoms with Crippen LogP contribution < -0.4 is 19.1 Å². The lowest BCUT2D eigenvalue weighted by Crippen LogP contribution is -2.51. The molecule has 34 heavy (non-hydrogen) atoms. The van der Waals surface area contributed by atoms with Gasteiger partial charge in [-0.15, -0.1) is 0 Å². The summed E-state index contributed by atoms with van der Waals surface area (Å²) in [5, 5.41) is 2.92. The number of nitrogens with zero attached hydrogens (tertiary/aromatic N) is 1. The van der Waals surface area contributed by atoms with Crippen molar-refractivity contribution < 1.29 is 22.7 Å². The summed E-state index contributed by atoms with van der Waals surface area (Å²) < 4.78 is 39.5. The first-order chi connectivity index (χ1) is 16.3. The number of aryl methyl sites for hydroxylation is 1. The van der Waals surface area contributed by atoms with Crippen molar-refractivity contribution in [3.63, 3.8) is 0 Å². The maximum atomic E-state index is 13.6. The average Bonchev–Trinajstić information content (AvgIpc) is 2.86. The summed E-state index contributed by atoms with van der Waals surface area (Å²) in [6, 6.07) is 21.3. The minimum absolute atomic E-state index is 0.0995. The third-order valence-corrected chi connectivity index (χ3v) is 7.67. The van der Waals surface area contributed by atoms with E-state index in [1.165, 1.54) is 23.5 Å². The lowest BCUT2D eigenvalue weighted by atomic mass is 10.0. The summed E-state index contributed by atoms with van der Waals surface area (Å²) in [5.41, 5.74) is 2.42. The molecule has 0 saturated carbocycles. The Morgan fingerprint density at radius 1 is 1.12 bits per heavy atom. The number of hydrogen-bond acceptors (Lipinski definition) is 5. The molecule has 0 radical (unpaired) electrons. The van der Waals surface area contributed by atoms with E-state index in [0.29, 0.717) is 23.7 Å². The second kappa shape index (κ2) is 9.77. The van der Waals surface area contributed by atoms with Crippen molar-refractivity contribution in [3.8, 4) is 11.5 Å². The van der Waals surface area contributed by atoms with E-state index in [0.717, 1.165) is 11.1 Å². The number of sulfonamides is 1. The molecule has 7 nitrogen and oxygen atoms in total. The largest absolute Gasteiger partial charge is 0.497 e. The smallest absolute Gasteiger partial charge is 0.264 e. The highest BCUT2D eigenvalue weighted by molar-refractivity contribution is 7.92. The number of nitrogens with one attached hydrogen (secondary N) is 1. The number of carbonyl (C=O) groups excluding carboxylic acids is 1. The molecular weight excluding hydrogens is 452 g/mol. The van der Waals surface area contributed by atoms with Crippen LogP contribution in [0.4, 0.5) is 5.69 Å². The van der Waals surface area contributed by atoms with E-state index in [4.69, 9.17) is 9.47 Å². The van der Waals surface area contributed by atoms with Crippen LogP contribution in [0.5, 0.6) is 11.5 Å². The fourth-order valence-electron chi connectivity index (χ4n) is 3.87. The van der Waals surface area contributed by atoms with Gasteiger partial charge in [0, 0.05) is 6.54 Å². The topological polar surface area (TPSA) is 84.9 Å². The second-order valence-corrected chi connectivity index (χ2v) is 10.2. The molecule has 1 heterocycles. The Morgan fingerprint density at radius 3 is 2.50 bits per heavy atom. The monoisotopic (exact) mass is 480 g/mol. The molecule has 1 amide bonds. The van der Waals surface area contributed by atoms with Crippen LogP contribution in [0.2, 0.25) is 0 Å². The number of amides is 1. The fourth-order valence-corrected chi connectivity index (χ4v) is 5.34. The predicted octanol–water partition coefficient (Wildman–Crippen LogP) is 3.88. The van der Waals surface area contributed by atoms with Crippen LogP contribution in [-0.2, 0) is 14.8 Å². The summed E-state index contributed by atoms with van der Waals surface area (Å²) in [6.07, 6.45) is -0.981. The van der Waals surface area contributed by atoms with Crippen molar-refractivity contribution in [2.75, 3.05) is 24.5 Å². The Labute approximate surface area is 200 Å². The molecule has 2 atom stereocenters. The van der Waals surface area contributed by atoms with Crippen molar-refractivity contribution in [1.82, 2.24) is 5.32 Å². The molecule has 0 unspecified atom stereocenters. The first-order valence-corrected chi connectivity index (χ1v) is 12.5. The molecule has 4 rings (SSSR count). The van der Waals surface area contributed by atoms with E-state index < -0.39 is 16.1 Å². The average molecular weight is 481 g/mol. The molecule has 0 saturated heterocycles. The molecule has 0 fully saturated rings. The normalized spacial score (nSPS) is 16.2. The summed E-state index contributed by atoms with van der Waals surface area (Å²) in [6.45, 7) is 4.19. The van der Waals surface area contributed by atoms with Crippen LogP contribution in [-0.4, -0.2) is 40.6 Å². The van der Waals surface area contributed by atoms with Gasteiger partial charge in [-0.25, -0.2) is 8.42 Å². The minimum atomic E-state index is -3.94. The van der Waals surface area contributed by atoms with Crippen molar-refractivity contribution in [3.05, 3.63) is 83.9 Å². The molecule has 3 aromatic rings. The number of ether oxygens (including phenoxy) is 2. The molecule has 1 aliphatic heterocycles. The van der Waals surface area contributed by atoms with Gasteiger partial charge in [0.15, 0.2) is 6.10 Å². The fraction of sp³-hybridized carbons (Fsp3) is 0.269. The maximum Gasteiger partial charge on any atom is 0.264 e. The van der Waals surface area contributed by atoms with Crippen LogP contribution in [0.1, 0.15) is 24.0 Å². The Bertz CT molecular complexity index is 1260. The number of fused-ring (bicyclic) bond motifs is 1. The first-order valence-electron chi connectivity index (χ1n) is 11.1. The lowest BCUT2D eigenvalue weighted by Gasteiger charge is -2.35. The van der Waals surface area contributed by atoms with Gasteiger partial charge in [-0.05, 0) is 60.4 Å². The summed E-state index contributed by atoms with van der Waals surface area (Å²) in [5.74, 6) is 0.661. The van der Waals surface area contributed by atoms with Gasteiger partial charge in [0.25, 0.3) is 15.9 Å². The molecule has 3 aromatic carbocycles. The van der Waals surface area contributed by atoms with Crippen molar-refractivity contribution >= 4 is 21.6 Å². The lowest BCUT2D eigenvalue weighted by molar-refractivity contribution is -0.127. The molecule has 0 bridgehead atoms. The van der Waals surface area contributed by atoms with Crippen molar-refractivity contribution in [2.24, 2.45) is 0 Å². The molecule has 8 heteroatoms. The van der Waals surface area contributed by atoms with Crippen molar-refractivity contribution in [2.45, 2.75) is 30.8 Å². The predicted molar refractivity (Wildman–Crippen MR) is 131 cm³/mol. The highest BCUT2D eigenvalue weighted by Crippen LogP contribution is 2.38. The zero-order valence-corrected chi connectivity index (χ0v) is 20.2. The molecule has 0 spiro atoms. The summed E-state index contributed by atoms with van der Waals surface area (Å²) >= 11 is 0. The number of carbonyl (C=O) groups is 1. The van der Waals surface area contributed by atoms with Crippen LogP contribution in [0.3, 0.4) is 0 Å². The van der Waals surface area contributed by atoms with E-state index in [1.54, 1.807) is 24.3 Å². The van der Waals surface area contributed by atoms with Gasteiger partial charge in [-0.3, -0.25) is 9.10 Å². The SMILES string of the molecule is COc1ccc(S(=O)(=O)N2C[C@H](C(=O)NC[C@@H](C)c3ccccc3)Oc3cc(C)ccc32)cc1. The van der Waals surface area contributed by atoms with E-state index in [9.17, 15) is 13.2 Å². The minimum Gasteiger partial charge on any atom is -0.497 e. The molecular formula is C26H28N2O5S. The standard InChI is InChI=1S/C26H28N2O5S/c1-18-9-14-23-24(15-18)33-25(26(29)27-16-19(2)20-7-5-4-6-8-20)17-28(23)34(30,31)22-12-10-21(32-3)11-13-22/h4-15,19,25H,16-17H2,1-3H3,(H,27,29)/t19-,25-/m1/s1. The molecule has 178 valence electrons. The number of hydrogen-bond donors (Lipinski definition) is 1. The van der Waals surface area contributed by atoms with Gasteiger partial charge in [0.1, 0.15) is 11.5 Å². The number of methoxy groups -OCH3 is 1. The quantitative estimate of drug-likeness (QED) is 0.555. The molecule has 1 aliphatic rings. The molecule has 0 aromatic heterocycles. The zero-order chi connectivity index (χ0) is 24.3. The number of rotatable bonds is 7. The van der Waals surface area contributed by atoms with Gasteiger partial charge >= 0.3 is 0 Å². The van der Waals surface area contributed by atoms with Gasteiger partial charge < -0.3 is 14.8 Å². The third-order valence-electron chi connectivity index (χ3n) is 5.88. The van der Waals surface area contributed by atoms with Gasteiger partial charge in [-0.1, -0.05) is 43.3 Å². The van der Waals surface area contributed by atoms with Gasteiger partial charge in [-0.2, -0.15) is 0 Å². The van der Waals surface area contributed by atoms with Crippen LogP contribution in [0.15, 0.2) is 77.7 Å². The first kappa shape index (κ1) is 23.6. The van der Waals surface area contributed by atoms with Crippen LogP contribution in [0.25, 0.3) is 0 Å². The zero-order valence-electron chi connectivity index (χ0n) is 19.4. The van der Waals surface area contributed by atoms with Gasteiger partial charge in [0.05, 0.1) is 24.2 Å². The molecule has 1 N–H and O–H groups in total. The Morgan fingerprint density at radius 2 is 1.82 bits per heavy atom. The van der Waals surface area contributed by atoms with E-state index in [1.807, 2.05) is 50.2 Å². The Kier molecular flexibility index (Phi) is 6.79. The second-order valence-electron chi connectivity index (χ2n) is 8.35. The maximum absolute atomic E-state index is 13.6. The van der Waals surface area contributed by atoms with Gasteiger partial charge in [0.2, 0.25) is 0 Å². The van der Waals surface area contributed by atoms with E-state index >= 15 is 0 Å². The van der Waals surface area contributed by atoms with E-state index in [-0.39, 0.29) is 23.3 Å². The molecule has 0 aliphatic carbocycles. The Hall–Kier alpha value is -3.52. The highest BCUT2D eigenvalue weighted by Gasteiger charge is 2.37. The Balaban J connectivity index is 1.58. The van der Waals surface area contributed by atoms with Crippen LogP contribution in [0, 0.1) is 6.92 Å². The highest BCUT2D eigenvalue weighted by atomic mass is 32.2. The van der Waals surface area contributed by atoms with Crippen LogP contribution >= 0.6 is 0 Å². The number of anilines is 1. The number of benzene rings is 3. The summed E-state index contributed by atoms with van der Waals surface area (Å²) in [4.78, 5) is 13.2. The van der Waals surface area contributed by atoms with Crippen molar-refractivity contribution in [1.29, 1.82) is 0 Å². The van der Waals surface area contributed by atoms with E-state index in [2.05, 4.69) is 5.32 Å².